The zero-order valence-electron chi connectivity index (χ0n) is 11.7. The summed E-state index contributed by atoms with van der Waals surface area (Å²) < 4.78 is 2.00. The van der Waals surface area contributed by atoms with Crippen molar-refractivity contribution in [1.29, 1.82) is 0 Å². The van der Waals surface area contributed by atoms with Gasteiger partial charge in [0.15, 0.2) is 0 Å². The Kier molecular flexibility index (Phi) is 4.62. The molecule has 1 unspecified atom stereocenters. The van der Waals surface area contributed by atoms with Crippen molar-refractivity contribution in [2.24, 2.45) is 0 Å². The van der Waals surface area contributed by atoms with E-state index in [0.29, 0.717) is 6.04 Å². The van der Waals surface area contributed by atoms with Crippen LogP contribution in [-0.2, 0) is 4.79 Å². The molecule has 0 aromatic carbocycles. The van der Waals surface area contributed by atoms with Crippen LogP contribution in [0, 0.1) is 0 Å². The number of nitrogens with one attached hydrogen (secondary N) is 2. The second kappa shape index (κ2) is 6.63. The Morgan fingerprint density at radius 3 is 2.95 bits per heavy atom. The summed E-state index contributed by atoms with van der Waals surface area (Å²) in [4.78, 5) is 12.2. The van der Waals surface area contributed by atoms with E-state index in [0.717, 1.165) is 43.8 Å². The molecule has 0 aliphatic carbocycles. The summed E-state index contributed by atoms with van der Waals surface area (Å²) in [5.41, 5.74) is 0.833. The number of carbonyl (C=O) groups is 1. The number of nitrogens with zero attached hydrogens (tertiary/aromatic N) is 2. The summed E-state index contributed by atoms with van der Waals surface area (Å²) in [5, 5.41) is 10.9. The highest BCUT2D eigenvalue weighted by Gasteiger charge is 2.22. The molecule has 6 heteroatoms. The van der Waals surface area contributed by atoms with Crippen LogP contribution in [0.1, 0.15) is 38.1 Å². The van der Waals surface area contributed by atoms with E-state index in [1.165, 1.54) is 12.8 Å². The van der Waals surface area contributed by atoms with Crippen LogP contribution in [0.4, 0.5) is 5.69 Å². The average molecular weight is 294 g/mol. The fourth-order valence-electron chi connectivity index (χ4n) is 2.84. The Hall–Kier alpha value is -1.01. The van der Waals surface area contributed by atoms with Gasteiger partial charge in [-0.25, -0.2) is 0 Å². The molecule has 5 nitrogen and oxygen atoms in total. The fraction of sp³-hybridized carbons (Fsp3) is 0.714. The van der Waals surface area contributed by atoms with Gasteiger partial charge in [0.25, 0.3) is 0 Å². The van der Waals surface area contributed by atoms with Crippen molar-refractivity contribution in [2.45, 2.75) is 43.4 Å². The highest BCUT2D eigenvalue weighted by Crippen LogP contribution is 2.26. The molecule has 2 saturated heterocycles. The maximum atomic E-state index is 12.2. The van der Waals surface area contributed by atoms with Crippen molar-refractivity contribution in [3.8, 4) is 0 Å². The molecule has 0 radical (unpaired) electrons. The summed E-state index contributed by atoms with van der Waals surface area (Å²) in [7, 11) is 0. The molecule has 2 aliphatic rings. The number of rotatable bonds is 3. The minimum atomic E-state index is 0.117. The van der Waals surface area contributed by atoms with Gasteiger partial charge in [-0.3, -0.25) is 9.48 Å². The van der Waals surface area contributed by atoms with Gasteiger partial charge in [-0.2, -0.15) is 5.10 Å². The first-order chi connectivity index (χ1) is 9.83. The number of amides is 1. The predicted octanol–water partition coefficient (Wildman–Crippen LogP) is 2.03. The molecule has 1 amide bonds. The number of carbonyl (C=O) groups excluding carboxylic acids is 1. The van der Waals surface area contributed by atoms with Crippen LogP contribution >= 0.6 is 11.8 Å². The van der Waals surface area contributed by atoms with Crippen molar-refractivity contribution in [3.63, 3.8) is 0 Å². The van der Waals surface area contributed by atoms with Gasteiger partial charge in [0, 0.05) is 6.20 Å². The van der Waals surface area contributed by atoms with E-state index in [2.05, 4.69) is 15.7 Å². The second-order valence-corrected chi connectivity index (χ2v) is 6.85. The zero-order chi connectivity index (χ0) is 13.8. The van der Waals surface area contributed by atoms with Crippen LogP contribution < -0.4 is 10.6 Å². The molecule has 0 spiro atoms. The number of aromatic nitrogens is 2. The lowest BCUT2D eigenvalue weighted by Crippen LogP contribution is -2.29. The van der Waals surface area contributed by atoms with Crippen LogP contribution in [0.5, 0.6) is 0 Å². The maximum absolute atomic E-state index is 12.2. The predicted molar refractivity (Wildman–Crippen MR) is 82.1 cm³/mol. The summed E-state index contributed by atoms with van der Waals surface area (Å²) in [6.07, 6.45) is 9.36. The third kappa shape index (κ3) is 3.35. The molecular formula is C14H22N4OS. The van der Waals surface area contributed by atoms with Crippen LogP contribution in [0.3, 0.4) is 0 Å². The molecule has 0 saturated carbocycles. The number of anilines is 1. The van der Waals surface area contributed by atoms with E-state index >= 15 is 0 Å². The van der Waals surface area contributed by atoms with Crippen LogP contribution in [0.25, 0.3) is 0 Å². The molecule has 2 fully saturated rings. The van der Waals surface area contributed by atoms with Crippen molar-refractivity contribution < 1.29 is 4.79 Å². The van der Waals surface area contributed by atoms with E-state index in [1.807, 2.05) is 10.9 Å². The number of piperidine rings is 1. The van der Waals surface area contributed by atoms with Crippen molar-refractivity contribution in [1.82, 2.24) is 15.1 Å². The van der Waals surface area contributed by atoms with Gasteiger partial charge < -0.3 is 10.6 Å². The molecule has 1 aromatic rings. The van der Waals surface area contributed by atoms with Gasteiger partial charge in [0.1, 0.15) is 0 Å². The van der Waals surface area contributed by atoms with E-state index < -0.39 is 0 Å². The molecule has 3 heterocycles. The quantitative estimate of drug-likeness (QED) is 0.895. The molecule has 1 aromatic heterocycles. The minimum absolute atomic E-state index is 0.117. The van der Waals surface area contributed by atoms with Crippen molar-refractivity contribution in [2.75, 3.05) is 24.2 Å². The van der Waals surface area contributed by atoms with E-state index in [9.17, 15) is 4.79 Å². The van der Waals surface area contributed by atoms with Crippen molar-refractivity contribution >= 4 is 23.4 Å². The third-order valence-electron chi connectivity index (χ3n) is 4.02. The Balaban J connectivity index is 1.57. The van der Waals surface area contributed by atoms with Crippen molar-refractivity contribution in [3.05, 3.63) is 12.4 Å². The summed E-state index contributed by atoms with van der Waals surface area (Å²) in [6.45, 7) is 2.09. The van der Waals surface area contributed by atoms with Gasteiger partial charge in [0.05, 0.1) is 23.2 Å². The lowest BCUT2D eigenvalue weighted by molar-refractivity contribution is -0.115. The first kappa shape index (κ1) is 13.9. The Morgan fingerprint density at radius 1 is 1.35 bits per heavy atom. The number of hydrogen-bond acceptors (Lipinski definition) is 4. The van der Waals surface area contributed by atoms with Gasteiger partial charge in [-0.1, -0.05) is 6.42 Å². The molecule has 2 N–H and O–H groups in total. The van der Waals surface area contributed by atoms with Gasteiger partial charge >= 0.3 is 0 Å². The molecule has 0 bridgehead atoms. The Labute approximate surface area is 123 Å². The van der Waals surface area contributed by atoms with Crippen LogP contribution in [0.2, 0.25) is 0 Å². The SMILES string of the molecule is O=C(Nc1cnn(C2CCNCC2)c1)C1CCCCS1. The smallest absolute Gasteiger partial charge is 0.237 e. The molecular weight excluding hydrogens is 272 g/mol. The van der Waals surface area contributed by atoms with Crippen LogP contribution in [-0.4, -0.2) is 39.8 Å². The maximum Gasteiger partial charge on any atom is 0.237 e. The summed E-state index contributed by atoms with van der Waals surface area (Å²) in [5.74, 6) is 1.24. The lowest BCUT2D eigenvalue weighted by atomic mass is 10.1. The molecule has 110 valence electrons. The largest absolute Gasteiger partial charge is 0.322 e. The topological polar surface area (TPSA) is 59.0 Å². The lowest BCUT2D eigenvalue weighted by Gasteiger charge is -2.22. The monoisotopic (exact) mass is 294 g/mol. The first-order valence-electron chi connectivity index (χ1n) is 7.50. The molecule has 1 atom stereocenters. The normalized spacial score (nSPS) is 24.5. The number of thioether (sulfide) groups is 1. The molecule has 20 heavy (non-hydrogen) atoms. The standard InChI is InChI=1S/C14H22N4OS/c19-14(13-3-1-2-8-20-13)17-11-9-16-18(10-11)12-4-6-15-7-5-12/h9-10,12-13,15H,1-8H2,(H,17,19). The van der Waals surface area contributed by atoms with Gasteiger partial charge in [-0.15, -0.1) is 11.8 Å². The Bertz CT molecular complexity index is 450. The van der Waals surface area contributed by atoms with E-state index in [1.54, 1.807) is 18.0 Å². The molecule has 3 rings (SSSR count). The first-order valence-corrected chi connectivity index (χ1v) is 8.55. The van der Waals surface area contributed by atoms with E-state index in [4.69, 9.17) is 0 Å². The number of hydrogen-bond donors (Lipinski definition) is 2. The van der Waals surface area contributed by atoms with Gasteiger partial charge in [-0.05, 0) is 44.5 Å². The zero-order valence-corrected chi connectivity index (χ0v) is 12.5. The second-order valence-electron chi connectivity index (χ2n) is 5.53. The van der Waals surface area contributed by atoms with Gasteiger partial charge in [0.2, 0.25) is 5.91 Å². The summed E-state index contributed by atoms with van der Waals surface area (Å²) in [6, 6.07) is 0.464. The Morgan fingerprint density at radius 2 is 2.20 bits per heavy atom. The minimum Gasteiger partial charge on any atom is -0.322 e. The summed E-state index contributed by atoms with van der Waals surface area (Å²) >= 11 is 1.78. The van der Waals surface area contributed by atoms with E-state index in [-0.39, 0.29) is 11.2 Å². The third-order valence-corrected chi connectivity index (χ3v) is 5.40. The fourth-order valence-corrected chi connectivity index (χ4v) is 4.04. The average Bonchev–Trinajstić information content (AvgIpc) is 2.97. The van der Waals surface area contributed by atoms with Crippen LogP contribution in [0.15, 0.2) is 12.4 Å². The molecule has 2 aliphatic heterocycles. The highest BCUT2D eigenvalue weighted by atomic mass is 32.2. The highest BCUT2D eigenvalue weighted by molar-refractivity contribution is 8.00.